The lowest BCUT2D eigenvalue weighted by Crippen LogP contribution is -2.39. The molecule has 1 aliphatic carbocycles. The second kappa shape index (κ2) is 6.04. The summed E-state index contributed by atoms with van der Waals surface area (Å²) in [5.41, 5.74) is 1.21. The minimum absolute atomic E-state index is 0.0569. The van der Waals surface area contributed by atoms with Gasteiger partial charge < -0.3 is 0 Å². The van der Waals surface area contributed by atoms with E-state index in [0.717, 1.165) is 31.2 Å². The third kappa shape index (κ3) is 2.69. The van der Waals surface area contributed by atoms with Crippen molar-refractivity contribution in [3.63, 3.8) is 0 Å². The standard InChI is InChI=1S/C17H25N3O3S/c1-12-5-7-13(8-6-12)20(4)24(22,23)14-9-10-15-16(11-14)19(3)17(21)18(15)2/h9-13H,5-8H2,1-4H3. The van der Waals surface area contributed by atoms with Gasteiger partial charge in [0, 0.05) is 27.2 Å². The first-order chi connectivity index (χ1) is 11.2. The summed E-state index contributed by atoms with van der Waals surface area (Å²) in [6.45, 7) is 2.22. The van der Waals surface area contributed by atoms with Crippen LogP contribution in [0.15, 0.2) is 27.9 Å². The Bertz CT molecular complexity index is 918. The highest BCUT2D eigenvalue weighted by Crippen LogP contribution is 2.30. The van der Waals surface area contributed by atoms with Crippen LogP contribution in [-0.4, -0.2) is 34.9 Å². The van der Waals surface area contributed by atoms with Crippen molar-refractivity contribution in [2.24, 2.45) is 20.0 Å². The number of fused-ring (bicyclic) bond motifs is 1. The minimum atomic E-state index is -3.56. The highest BCUT2D eigenvalue weighted by Gasteiger charge is 2.31. The van der Waals surface area contributed by atoms with E-state index in [1.54, 1.807) is 39.3 Å². The monoisotopic (exact) mass is 351 g/mol. The Labute approximate surface area is 142 Å². The first kappa shape index (κ1) is 17.2. The van der Waals surface area contributed by atoms with Gasteiger partial charge in [-0.05, 0) is 49.8 Å². The number of hydrogen-bond acceptors (Lipinski definition) is 3. The highest BCUT2D eigenvalue weighted by atomic mass is 32.2. The number of rotatable bonds is 3. The molecule has 0 amide bonds. The lowest BCUT2D eigenvalue weighted by molar-refractivity contribution is 0.246. The summed E-state index contributed by atoms with van der Waals surface area (Å²) >= 11 is 0. The number of imidazole rings is 1. The first-order valence-electron chi connectivity index (χ1n) is 8.37. The molecular formula is C17H25N3O3S. The van der Waals surface area contributed by atoms with Gasteiger partial charge in [-0.1, -0.05) is 6.92 Å². The molecule has 132 valence electrons. The van der Waals surface area contributed by atoms with Gasteiger partial charge >= 0.3 is 5.69 Å². The molecule has 0 saturated heterocycles. The summed E-state index contributed by atoms with van der Waals surface area (Å²) in [5.74, 6) is 0.674. The van der Waals surface area contributed by atoms with Crippen LogP contribution in [0, 0.1) is 5.92 Å². The number of aromatic nitrogens is 2. The molecule has 1 aliphatic rings. The van der Waals surface area contributed by atoms with Crippen molar-refractivity contribution in [1.82, 2.24) is 13.4 Å². The van der Waals surface area contributed by atoms with Gasteiger partial charge in [-0.15, -0.1) is 0 Å². The van der Waals surface area contributed by atoms with Gasteiger partial charge in [0.25, 0.3) is 0 Å². The number of benzene rings is 1. The van der Waals surface area contributed by atoms with Gasteiger partial charge in [-0.25, -0.2) is 13.2 Å². The summed E-state index contributed by atoms with van der Waals surface area (Å²) in [6, 6.07) is 4.97. The second-order valence-corrected chi connectivity index (χ2v) is 8.98. The van der Waals surface area contributed by atoms with Crippen LogP contribution in [-0.2, 0) is 24.1 Å². The summed E-state index contributed by atoms with van der Waals surface area (Å²) in [7, 11) is 1.46. The fraction of sp³-hybridized carbons (Fsp3) is 0.588. The molecule has 0 N–H and O–H groups in total. The zero-order chi connectivity index (χ0) is 17.6. The van der Waals surface area contributed by atoms with Crippen molar-refractivity contribution in [2.75, 3.05) is 7.05 Å². The number of sulfonamides is 1. The molecule has 24 heavy (non-hydrogen) atoms. The molecule has 0 bridgehead atoms. The van der Waals surface area contributed by atoms with E-state index in [-0.39, 0.29) is 16.6 Å². The molecule has 0 aliphatic heterocycles. The van der Waals surface area contributed by atoms with Gasteiger partial charge in [-0.3, -0.25) is 9.13 Å². The van der Waals surface area contributed by atoms with Crippen molar-refractivity contribution in [2.45, 2.75) is 43.5 Å². The molecular weight excluding hydrogens is 326 g/mol. The fourth-order valence-corrected chi connectivity index (χ4v) is 5.05. The lowest BCUT2D eigenvalue weighted by Gasteiger charge is -2.32. The molecule has 1 aromatic heterocycles. The van der Waals surface area contributed by atoms with E-state index in [9.17, 15) is 13.2 Å². The van der Waals surface area contributed by atoms with Gasteiger partial charge in [-0.2, -0.15) is 4.31 Å². The van der Waals surface area contributed by atoms with E-state index in [2.05, 4.69) is 6.92 Å². The molecule has 2 aromatic rings. The number of hydrogen-bond donors (Lipinski definition) is 0. The molecule has 1 saturated carbocycles. The Morgan fingerprint density at radius 1 is 1.04 bits per heavy atom. The molecule has 7 heteroatoms. The quantitative estimate of drug-likeness (QED) is 0.850. The zero-order valence-electron chi connectivity index (χ0n) is 14.7. The van der Waals surface area contributed by atoms with Crippen molar-refractivity contribution in [1.29, 1.82) is 0 Å². The molecule has 0 spiro atoms. The Morgan fingerprint density at radius 3 is 2.25 bits per heavy atom. The van der Waals surface area contributed by atoms with Crippen LogP contribution in [0.1, 0.15) is 32.6 Å². The maximum atomic E-state index is 13.0. The molecule has 3 rings (SSSR count). The van der Waals surface area contributed by atoms with Crippen molar-refractivity contribution >= 4 is 21.1 Å². The summed E-state index contributed by atoms with van der Waals surface area (Å²) in [4.78, 5) is 12.3. The van der Waals surface area contributed by atoms with Crippen LogP contribution in [0.2, 0.25) is 0 Å². The van der Waals surface area contributed by atoms with Crippen molar-refractivity contribution in [3.05, 3.63) is 28.7 Å². The van der Waals surface area contributed by atoms with Crippen LogP contribution in [0.4, 0.5) is 0 Å². The van der Waals surface area contributed by atoms with Crippen LogP contribution in [0.3, 0.4) is 0 Å². The predicted molar refractivity (Wildman–Crippen MR) is 94.5 cm³/mol. The van der Waals surface area contributed by atoms with E-state index in [4.69, 9.17) is 0 Å². The zero-order valence-corrected chi connectivity index (χ0v) is 15.5. The molecule has 6 nitrogen and oxygen atoms in total. The van der Waals surface area contributed by atoms with E-state index >= 15 is 0 Å². The summed E-state index contributed by atoms with van der Waals surface area (Å²) < 4.78 is 30.5. The number of aryl methyl sites for hydroxylation is 2. The number of nitrogens with zero attached hydrogens (tertiary/aromatic N) is 3. The van der Waals surface area contributed by atoms with Crippen LogP contribution in [0.25, 0.3) is 11.0 Å². The van der Waals surface area contributed by atoms with Gasteiger partial charge in [0.15, 0.2) is 0 Å². The van der Waals surface area contributed by atoms with E-state index in [1.807, 2.05) is 0 Å². The van der Waals surface area contributed by atoms with Crippen molar-refractivity contribution < 1.29 is 8.42 Å². The van der Waals surface area contributed by atoms with Crippen LogP contribution in [0.5, 0.6) is 0 Å². The first-order valence-corrected chi connectivity index (χ1v) is 9.81. The minimum Gasteiger partial charge on any atom is -0.295 e. The lowest BCUT2D eigenvalue weighted by atomic mass is 9.87. The maximum absolute atomic E-state index is 13.0. The second-order valence-electron chi connectivity index (χ2n) is 6.99. The van der Waals surface area contributed by atoms with Gasteiger partial charge in [0.05, 0.1) is 15.9 Å². The molecule has 0 radical (unpaired) electrons. The van der Waals surface area contributed by atoms with E-state index < -0.39 is 10.0 Å². The molecule has 1 aromatic carbocycles. The summed E-state index contributed by atoms with van der Waals surface area (Å²) in [6.07, 6.45) is 3.94. The Hall–Kier alpha value is -1.60. The van der Waals surface area contributed by atoms with E-state index in [1.165, 1.54) is 13.4 Å². The molecule has 0 atom stereocenters. The molecule has 0 unspecified atom stereocenters. The average Bonchev–Trinajstić information content (AvgIpc) is 2.79. The smallest absolute Gasteiger partial charge is 0.295 e. The topological polar surface area (TPSA) is 64.3 Å². The Kier molecular flexibility index (Phi) is 4.34. The van der Waals surface area contributed by atoms with Crippen molar-refractivity contribution in [3.8, 4) is 0 Å². The fourth-order valence-electron chi connectivity index (χ4n) is 3.62. The van der Waals surface area contributed by atoms with Crippen LogP contribution >= 0.6 is 0 Å². The van der Waals surface area contributed by atoms with E-state index in [0.29, 0.717) is 11.4 Å². The Balaban J connectivity index is 1.99. The highest BCUT2D eigenvalue weighted by molar-refractivity contribution is 7.89. The SMILES string of the molecule is CC1CCC(N(C)S(=O)(=O)c2ccc3c(c2)n(C)c(=O)n3C)CC1. The largest absolute Gasteiger partial charge is 0.328 e. The molecule has 1 fully saturated rings. The third-order valence-electron chi connectivity index (χ3n) is 5.42. The average molecular weight is 351 g/mol. The molecule has 1 heterocycles. The normalized spacial score (nSPS) is 22.4. The predicted octanol–water partition coefficient (Wildman–Crippen LogP) is 2.08. The Morgan fingerprint density at radius 2 is 1.62 bits per heavy atom. The van der Waals surface area contributed by atoms with Gasteiger partial charge in [0.1, 0.15) is 0 Å². The van der Waals surface area contributed by atoms with Gasteiger partial charge in [0.2, 0.25) is 10.0 Å². The maximum Gasteiger partial charge on any atom is 0.328 e. The van der Waals surface area contributed by atoms with Crippen LogP contribution < -0.4 is 5.69 Å². The summed E-state index contributed by atoms with van der Waals surface area (Å²) in [5, 5.41) is 0. The third-order valence-corrected chi connectivity index (χ3v) is 7.33.